The smallest absolute Gasteiger partial charge is 0.270 e. The molecule has 6 heteroatoms. The van der Waals surface area contributed by atoms with E-state index in [-0.39, 0.29) is 5.91 Å². The molecular formula is C19H26N2O4. The van der Waals surface area contributed by atoms with Gasteiger partial charge in [-0.25, -0.2) is 0 Å². The number of amides is 1. The Morgan fingerprint density at radius 2 is 1.72 bits per heavy atom. The van der Waals surface area contributed by atoms with Crippen LogP contribution >= 0.6 is 0 Å². The number of H-pyrrole nitrogens is 1. The summed E-state index contributed by atoms with van der Waals surface area (Å²) in [6, 6.07) is 3.98. The van der Waals surface area contributed by atoms with Crippen molar-refractivity contribution in [3.8, 4) is 17.2 Å². The van der Waals surface area contributed by atoms with Gasteiger partial charge in [0, 0.05) is 24.5 Å². The number of aromatic nitrogens is 1. The number of fused-ring (bicyclic) bond motifs is 1. The van der Waals surface area contributed by atoms with E-state index >= 15 is 0 Å². The molecular weight excluding hydrogens is 320 g/mol. The Balaban J connectivity index is 1.98. The third-order valence-electron chi connectivity index (χ3n) is 5.10. The van der Waals surface area contributed by atoms with Crippen molar-refractivity contribution in [2.24, 2.45) is 0 Å². The lowest BCUT2D eigenvalue weighted by Gasteiger charge is -2.30. The van der Waals surface area contributed by atoms with E-state index in [0.29, 0.717) is 29.0 Å². The predicted octanol–water partition coefficient (Wildman–Crippen LogP) is 3.60. The quantitative estimate of drug-likeness (QED) is 0.898. The summed E-state index contributed by atoms with van der Waals surface area (Å²) in [5, 5.41) is 0.806. The number of aromatic amines is 1. The van der Waals surface area contributed by atoms with Crippen molar-refractivity contribution in [1.29, 1.82) is 0 Å². The van der Waals surface area contributed by atoms with Crippen molar-refractivity contribution in [1.82, 2.24) is 9.88 Å². The van der Waals surface area contributed by atoms with Gasteiger partial charge in [0.05, 0.1) is 26.8 Å². The number of carbonyl (C=O) groups is 1. The monoisotopic (exact) mass is 346 g/mol. The van der Waals surface area contributed by atoms with Crippen LogP contribution in [0.3, 0.4) is 0 Å². The van der Waals surface area contributed by atoms with E-state index in [9.17, 15) is 4.79 Å². The lowest BCUT2D eigenvalue weighted by Crippen LogP contribution is -2.38. The van der Waals surface area contributed by atoms with Gasteiger partial charge in [0.2, 0.25) is 5.75 Å². The third-order valence-corrected chi connectivity index (χ3v) is 5.10. The molecule has 1 aliphatic rings. The predicted molar refractivity (Wildman–Crippen MR) is 96.9 cm³/mol. The molecule has 1 heterocycles. The first kappa shape index (κ1) is 17.5. The Hall–Kier alpha value is -2.37. The standard InChI is InChI=1S/C19H26N2O4/c1-21(12-8-6-5-7-9-12)19(22)15-10-13-14(20-15)11-16(23-2)18(25-4)17(13)24-3/h10-12,20H,5-9H2,1-4H3. The fourth-order valence-corrected chi connectivity index (χ4v) is 3.69. The minimum atomic E-state index is 0.00286. The van der Waals surface area contributed by atoms with E-state index in [1.54, 1.807) is 21.3 Å². The van der Waals surface area contributed by atoms with Gasteiger partial charge in [-0.2, -0.15) is 0 Å². The highest BCUT2D eigenvalue weighted by Crippen LogP contribution is 2.43. The van der Waals surface area contributed by atoms with Crippen LogP contribution in [0.5, 0.6) is 17.2 Å². The number of nitrogens with one attached hydrogen (secondary N) is 1. The summed E-state index contributed by atoms with van der Waals surface area (Å²) < 4.78 is 16.3. The molecule has 1 aromatic heterocycles. The van der Waals surface area contributed by atoms with Crippen LogP contribution in [0.4, 0.5) is 0 Å². The molecule has 25 heavy (non-hydrogen) atoms. The molecule has 0 radical (unpaired) electrons. The fraction of sp³-hybridized carbons (Fsp3) is 0.526. The lowest BCUT2D eigenvalue weighted by molar-refractivity contribution is 0.0691. The van der Waals surface area contributed by atoms with Gasteiger partial charge >= 0.3 is 0 Å². The van der Waals surface area contributed by atoms with Crippen molar-refractivity contribution in [2.75, 3.05) is 28.4 Å². The molecule has 1 aromatic carbocycles. The maximum absolute atomic E-state index is 12.9. The summed E-state index contributed by atoms with van der Waals surface area (Å²) in [5.74, 6) is 1.65. The van der Waals surface area contributed by atoms with Gasteiger partial charge in [0.1, 0.15) is 5.69 Å². The fourth-order valence-electron chi connectivity index (χ4n) is 3.69. The minimum absolute atomic E-state index is 0.00286. The highest BCUT2D eigenvalue weighted by Gasteiger charge is 2.25. The van der Waals surface area contributed by atoms with Crippen LogP contribution in [0.25, 0.3) is 10.9 Å². The molecule has 6 nitrogen and oxygen atoms in total. The molecule has 0 bridgehead atoms. The number of hydrogen-bond acceptors (Lipinski definition) is 4. The molecule has 0 saturated heterocycles. The van der Waals surface area contributed by atoms with Crippen molar-refractivity contribution in [3.05, 3.63) is 17.8 Å². The molecule has 3 rings (SSSR count). The highest BCUT2D eigenvalue weighted by molar-refractivity contribution is 6.01. The van der Waals surface area contributed by atoms with Gasteiger partial charge in [-0.1, -0.05) is 19.3 Å². The number of rotatable bonds is 5. The SMILES string of the molecule is COc1cc2[nH]c(C(=O)N(C)C3CCCCC3)cc2c(OC)c1OC. The maximum atomic E-state index is 12.9. The number of benzene rings is 1. The van der Waals surface area contributed by atoms with Crippen LogP contribution in [0, 0.1) is 0 Å². The van der Waals surface area contributed by atoms with Crippen LogP contribution in [0.15, 0.2) is 12.1 Å². The van der Waals surface area contributed by atoms with Crippen LogP contribution in [-0.2, 0) is 0 Å². The normalized spacial score (nSPS) is 15.2. The molecule has 1 saturated carbocycles. The molecule has 0 aliphatic heterocycles. The first-order chi connectivity index (χ1) is 12.1. The summed E-state index contributed by atoms with van der Waals surface area (Å²) in [7, 11) is 6.62. The highest BCUT2D eigenvalue weighted by atomic mass is 16.5. The van der Waals surface area contributed by atoms with Gasteiger partial charge in [0.15, 0.2) is 11.5 Å². The Morgan fingerprint density at radius 3 is 2.32 bits per heavy atom. The Bertz CT molecular complexity index is 762. The first-order valence-corrected chi connectivity index (χ1v) is 8.69. The van der Waals surface area contributed by atoms with Gasteiger partial charge in [-0.15, -0.1) is 0 Å². The van der Waals surface area contributed by atoms with Crippen molar-refractivity contribution in [3.63, 3.8) is 0 Å². The number of nitrogens with zero attached hydrogens (tertiary/aromatic N) is 1. The second-order valence-electron chi connectivity index (χ2n) is 6.50. The number of methoxy groups -OCH3 is 3. The summed E-state index contributed by atoms with van der Waals surface area (Å²) in [5.41, 5.74) is 1.34. The number of ether oxygens (including phenoxy) is 3. The van der Waals surface area contributed by atoms with Crippen molar-refractivity contribution >= 4 is 16.8 Å². The summed E-state index contributed by atoms with van der Waals surface area (Å²) in [4.78, 5) is 18.0. The molecule has 1 aliphatic carbocycles. The van der Waals surface area contributed by atoms with Crippen LogP contribution in [-0.4, -0.2) is 50.2 Å². The molecule has 1 fully saturated rings. The van der Waals surface area contributed by atoms with Crippen LogP contribution in [0.2, 0.25) is 0 Å². The summed E-state index contributed by atoms with van der Waals surface area (Å²) >= 11 is 0. The van der Waals surface area contributed by atoms with E-state index in [0.717, 1.165) is 23.7 Å². The lowest BCUT2D eigenvalue weighted by atomic mass is 9.94. The van der Waals surface area contributed by atoms with E-state index in [2.05, 4.69) is 4.98 Å². The van der Waals surface area contributed by atoms with Gasteiger partial charge < -0.3 is 24.1 Å². The van der Waals surface area contributed by atoms with Crippen LogP contribution < -0.4 is 14.2 Å². The topological polar surface area (TPSA) is 63.8 Å². The summed E-state index contributed by atoms with van der Waals surface area (Å²) in [6.45, 7) is 0. The Kier molecular flexibility index (Phi) is 5.06. The van der Waals surface area contributed by atoms with Gasteiger partial charge in [0.25, 0.3) is 5.91 Å². The molecule has 136 valence electrons. The van der Waals surface area contributed by atoms with E-state index < -0.39 is 0 Å². The molecule has 0 spiro atoms. The van der Waals surface area contributed by atoms with E-state index in [1.807, 2.05) is 24.1 Å². The van der Waals surface area contributed by atoms with Crippen molar-refractivity contribution in [2.45, 2.75) is 38.1 Å². The first-order valence-electron chi connectivity index (χ1n) is 8.69. The number of hydrogen-bond donors (Lipinski definition) is 1. The van der Waals surface area contributed by atoms with Crippen molar-refractivity contribution < 1.29 is 19.0 Å². The van der Waals surface area contributed by atoms with Crippen LogP contribution in [0.1, 0.15) is 42.6 Å². The molecule has 2 aromatic rings. The molecule has 0 unspecified atom stereocenters. The Morgan fingerprint density at radius 1 is 1.04 bits per heavy atom. The molecule has 0 atom stereocenters. The summed E-state index contributed by atoms with van der Waals surface area (Å²) in [6.07, 6.45) is 5.80. The molecule has 1 amide bonds. The second-order valence-corrected chi connectivity index (χ2v) is 6.50. The number of carbonyl (C=O) groups excluding carboxylic acids is 1. The maximum Gasteiger partial charge on any atom is 0.270 e. The van der Waals surface area contributed by atoms with E-state index in [4.69, 9.17) is 14.2 Å². The average Bonchev–Trinajstić information content (AvgIpc) is 3.09. The zero-order valence-electron chi connectivity index (χ0n) is 15.3. The average molecular weight is 346 g/mol. The van der Waals surface area contributed by atoms with E-state index in [1.165, 1.54) is 19.3 Å². The van der Waals surface area contributed by atoms with Gasteiger partial charge in [-0.05, 0) is 18.9 Å². The van der Waals surface area contributed by atoms with Gasteiger partial charge in [-0.3, -0.25) is 4.79 Å². The Labute approximate surface area is 148 Å². The second kappa shape index (κ2) is 7.25. The largest absolute Gasteiger partial charge is 0.493 e. The zero-order chi connectivity index (χ0) is 18.0. The minimum Gasteiger partial charge on any atom is -0.493 e. The zero-order valence-corrected chi connectivity index (χ0v) is 15.3. The molecule has 1 N–H and O–H groups in total. The third kappa shape index (κ3) is 3.13.